The van der Waals surface area contributed by atoms with Gasteiger partial charge in [0.05, 0.1) is 7.11 Å². The van der Waals surface area contributed by atoms with Gasteiger partial charge < -0.3 is 4.74 Å². The van der Waals surface area contributed by atoms with Crippen LogP contribution in [0.25, 0.3) is 0 Å². The molecular weight excluding hydrogens is 220 g/mol. The standard InChI is InChI=1S/C9H15BrO2/c1-12-9(11)6-7-4-2-3-5-8(7)10/h7-8H,2-6H2,1H3. The molecule has 1 aliphatic carbocycles. The fourth-order valence-electron chi connectivity index (χ4n) is 1.69. The first-order valence-corrected chi connectivity index (χ1v) is 5.36. The van der Waals surface area contributed by atoms with Crippen LogP contribution in [0.1, 0.15) is 32.1 Å². The molecule has 3 heteroatoms. The molecular formula is C9H15BrO2. The van der Waals surface area contributed by atoms with Crippen molar-refractivity contribution in [2.45, 2.75) is 36.9 Å². The number of hydrogen-bond donors (Lipinski definition) is 0. The maximum atomic E-state index is 11.0. The predicted molar refractivity (Wildman–Crippen MR) is 51.3 cm³/mol. The smallest absolute Gasteiger partial charge is 0.305 e. The number of alkyl halides is 1. The van der Waals surface area contributed by atoms with Crippen molar-refractivity contribution < 1.29 is 9.53 Å². The summed E-state index contributed by atoms with van der Waals surface area (Å²) in [5.74, 6) is 0.414. The zero-order valence-corrected chi connectivity index (χ0v) is 8.97. The highest BCUT2D eigenvalue weighted by Gasteiger charge is 2.24. The predicted octanol–water partition coefficient (Wildman–Crippen LogP) is 2.50. The number of hydrogen-bond acceptors (Lipinski definition) is 2. The molecule has 0 aromatic rings. The van der Waals surface area contributed by atoms with E-state index in [-0.39, 0.29) is 5.97 Å². The van der Waals surface area contributed by atoms with Crippen LogP contribution in [0.15, 0.2) is 0 Å². The number of ether oxygens (including phenoxy) is 1. The summed E-state index contributed by atoms with van der Waals surface area (Å²) in [6, 6.07) is 0. The molecule has 1 fully saturated rings. The van der Waals surface area contributed by atoms with Gasteiger partial charge >= 0.3 is 5.97 Å². The number of esters is 1. The van der Waals surface area contributed by atoms with E-state index in [4.69, 9.17) is 0 Å². The van der Waals surface area contributed by atoms with Crippen LogP contribution in [0.5, 0.6) is 0 Å². The van der Waals surface area contributed by atoms with Gasteiger partial charge in [-0.2, -0.15) is 0 Å². The summed E-state index contributed by atoms with van der Waals surface area (Å²) < 4.78 is 4.64. The lowest BCUT2D eigenvalue weighted by Crippen LogP contribution is -2.22. The number of halogens is 1. The van der Waals surface area contributed by atoms with Crippen LogP contribution < -0.4 is 0 Å². The van der Waals surface area contributed by atoms with E-state index in [1.807, 2.05) is 0 Å². The zero-order chi connectivity index (χ0) is 8.97. The average molecular weight is 235 g/mol. The minimum Gasteiger partial charge on any atom is -0.469 e. The van der Waals surface area contributed by atoms with Gasteiger partial charge in [0, 0.05) is 11.2 Å². The first kappa shape index (κ1) is 10.0. The molecule has 0 radical (unpaired) electrons. The third kappa shape index (κ3) is 2.77. The molecule has 0 aliphatic heterocycles. The lowest BCUT2D eigenvalue weighted by Gasteiger charge is -2.26. The Morgan fingerprint density at radius 3 is 2.75 bits per heavy atom. The van der Waals surface area contributed by atoms with Gasteiger partial charge in [-0.3, -0.25) is 4.79 Å². The highest BCUT2D eigenvalue weighted by atomic mass is 79.9. The van der Waals surface area contributed by atoms with Crippen LogP contribution in [0, 0.1) is 5.92 Å². The Hall–Kier alpha value is -0.0500. The number of rotatable bonds is 2. The zero-order valence-electron chi connectivity index (χ0n) is 7.38. The van der Waals surface area contributed by atoms with Crippen LogP contribution in [0.4, 0.5) is 0 Å². The molecule has 2 atom stereocenters. The van der Waals surface area contributed by atoms with Crippen LogP contribution in [-0.4, -0.2) is 17.9 Å². The topological polar surface area (TPSA) is 26.3 Å². The maximum Gasteiger partial charge on any atom is 0.305 e. The van der Waals surface area contributed by atoms with Crippen molar-refractivity contribution in [1.82, 2.24) is 0 Å². The molecule has 1 saturated carbocycles. The lowest BCUT2D eigenvalue weighted by atomic mass is 9.87. The van der Waals surface area contributed by atoms with Gasteiger partial charge in [0.25, 0.3) is 0 Å². The van der Waals surface area contributed by atoms with Crippen molar-refractivity contribution in [3.8, 4) is 0 Å². The highest BCUT2D eigenvalue weighted by Crippen LogP contribution is 2.32. The Labute approximate surface area is 81.8 Å². The Morgan fingerprint density at radius 2 is 2.17 bits per heavy atom. The van der Waals surface area contributed by atoms with E-state index < -0.39 is 0 Å². The molecule has 0 aromatic carbocycles. The fourth-order valence-corrected chi connectivity index (χ4v) is 2.46. The molecule has 0 N–H and O–H groups in total. The molecule has 0 saturated heterocycles. The van der Waals surface area contributed by atoms with Gasteiger partial charge in [-0.25, -0.2) is 0 Å². The molecule has 0 spiro atoms. The van der Waals surface area contributed by atoms with Gasteiger partial charge in [0.15, 0.2) is 0 Å². The van der Waals surface area contributed by atoms with Gasteiger partial charge in [-0.15, -0.1) is 0 Å². The molecule has 2 nitrogen and oxygen atoms in total. The second kappa shape index (κ2) is 4.85. The van der Waals surface area contributed by atoms with Crippen molar-refractivity contribution in [2.75, 3.05) is 7.11 Å². The molecule has 70 valence electrons. The van der Waals surface area contributed by atoms with E-state index in [1.54, 1.807) is 0 Å². The van der Waals surface area contributed by atoms with E-state index in [1.165, 1.54) is 26.4 Å². The van der Waals surface area contributed by atoms with Crippen LogP contribution in [-0.2, 0) is 9.53 Å². The fraction of sp³-hybridized carbons (Fsp3) is 0.889. The summed E-state index contributed by atoms with van der Waals surface area (Å²) in [6.07, 6.45) is 5.47. The summed E-state index contributed by atoms with van der Waals surface area (Å²) in [6.45, 7) is 0. The molecule has 0 bridgehead atoms. The van der Waals surface area contributed by atoms with E-state index in [9.17, 15) is 4.79 Å². The van der Waals surface area contributed by atoms with Crippen LogP contribution in [0.3, 0.4) is 0 Å². The van der Waals surface area contributed by atoms with E-state index in [0.717, 1.165) is 6.42 Å². The van der Waals surface area contributed by atoms with E-state index >= 15 is 0 Å². The van der Waals surface area contributed by atoms with Gasteiger partial charge in [-0.05, 0) is 18.8 Å². The summed E-state index contributed by atoms with van der Waals surface area (Å²) in [4.78, 5) is 11.5. The summed E-state index contributed by atoms with van der Waals surface area (Å²) in [7, 11) is 1.45. The van der Waals surface area contributed by atoms with Crippen LogP contribution >= 0.6 is 15.9 Å². The Bertz CT molecular complexity index is 159. The molecule has 0 heterocycles. The maximum absolute atomic E-state index is 11.0. The average Bonchev–Trinajstić information content (AvgIpc) is 2.09. The third-order valence-corrected chi connectivity index (χ3v) is 3.68. The minimum atomic E-state index is -0.0775. The largest absolute Gasteiger partial charge is 0.469 e. The lowest BCUT2D eigenvalue weighted by molar-refractivity contribution is -0.141. The Balaban J connectivity index is 2.33. The van der Waals surface area contributed by atoms with E-state index in [0.29, 0.717) is 17.2 Å². The summed E-state index contributed by atoms with van der Waals surface area (Å²) >= 11 is 3.60. The summed E-state index contributed by atoms with van der Waals surface area (Å²) in [5, 5.41) is 0. The van der Waals surface area contributed by atoms with Gasteiger partial charge in [0.1, 0.15) is 0 Å². The van der Waals surface area contributed by atoms with Crippen LogP contribution in [0.2, 0.25) is 0 Å². The molecule has 1 aliphatic rings. The first-order chi connectivity index (χ1) is 5.74. The second-order valence-electron chi connectivity index (χ2n) is 3.34. The highest BCUT2D eigenvalue weighted by molar-refractivity contribution is 9.09. The molecule has 0 aromatic heterocycles. The van der Waals surface area contributed by atoms with Crippen molar-refractivity contribution in [1.29, 1.82) is 0 Å². The molecule has 1 rings (SSSR count). The normalized spacial score (nSPS) is 29.8. The van der Waals surface area contributed by atoms with Gasteiger partial charge in [-0.1, -0.05) is 28.8 Å². The monoisotopic (exact) mass is 234 g/mol. The van der Waals surface area contributed by atoms with Gasteiger partial charge in [0.2, 0.25) is 0 Å². The number of methoxy groups -OCH3 is 1. The summed E-state index contributed by atoms with van der Waals surface area (Å²) in [5.41, 5.74) is 0. The number of carbonyl (C=O) groups excluding carboxylic acids is 1. The third-order valence-electron chi connectivity index (χ3n) is 2.47. The van der Waals surface area contributed by atoms with Crippen molar-refractivity contribution in [2.24, 2.45) is 5.92 Å². The molecule has 12 heavy (non-hydrogen) atoms. The number of carbonyl (C=O) groups is 1. The Morgan fingerprint density at radius 1 is 1.50 bits per heavy atom. The Kier molecular flexibility index (Phi) is 4.06. The quantitative estimate of drug-likeness (QED) is 0.543. The van der Waals surface area contributed by atoms with Crippen molar-refractivity contribution >= 4 is 21.9 Å². The second-order valence-corrected chi connectivity index (χ2v) is 4.52. The van der Waals surface area contributed by atoms with E-state index in [2.05, 4.69) is 20.7 Å². The van der Waals surface area contributed by atoms with Crippen molar-refractivity contribution in [3.63, 3.8) is 0 Å². The first-order valence-electron chi connectivity index (χ1n) is 4.45. The SMILES string of the molecule is COC(=O)CC1CCCCC1Br. The van der Waals surface area contributed by atoms with Crippen molar-refractivity contribution in [3.05, 3.63) is 0 Å². The molecule has 0 amide bonds. The minimum absolute atomic E-state index is 0.0775. The molecule has 2 unspecified atom stereocenters.